The third-order valence-electron chi connectivity index (χ3n) is 3.71. The van der Waals surface area contributed by atoms with Crippen LogP contribution in [0.25, 0.3) is 20.9 Å². The van der Waals surface area contributed by atoms with Gasteiger partial charge < -0.3 is 10.6 Å². The van der Waals surface area contributed by atoms with Gasteiger partial charge >= 0.3 is 6.03 Å². The second-order valence-corrected chi connectivity index (χ2v) is 6.61. The van der Waals surface area contributed by atoms with Crippen LogP contribution in [0.1, 0.15) is 0 Å². The minimum atomic E-state index is -1.03. The van der Waals surface area contributed by atoms with Crippen molar-refractivity contribution in [1.82, 2.24) is 9.97 Å². The van der Waals surface area contributed by atoms with Crippen molar-refractivity contribution in [3.05, 3.63) is 72.4 Å². The van der Waals surface area contributed by atoms with Gasteiger partial charge in [-0.2, -0.15) is 0 Å². The van der Waals surface area contributed by atoms with Gasteiger partial charge in [0.05, 0.1) is 0 Å². The number of rotatable bonds is 3. The number of nitrogens with one attached hydrogen (secondary N) is 2. The summed E-state index contributed by atoms with van der Waals surface area (Å²) in [4.78, 5) is 21.8. The van der Waals surface area contributed by atoms with E-state index >= 15 is 0 Å². The number of amides is 2. The van der Waals surface area contributed by atoms with E-state index in [1.807, 2.05) is 18.2 Å². The molecule has 4 rings (SSSR count). The number of carbonyl (C=O) groups is 1. The number of carbonyl (C=O) groups excluding carboxylic acids is 1. The minimum absolute atomic E-state index is 0.153. The van der Waals surface area contributed by atoms with E-state index in [1.165, 1.54) is 17.4 Å². The molecule has 2 aromatic carbocycles. The number of hydrogen-bond donors (Lipinski definition) is 2. The fourth-order valence-electron chi connectivity index (χ4n) is 2.49. The first-order chi connectivity index (χ1) is 13.1. The summed E-state index contributed by atoms with van der Waals surface area (Å²) in [6.07, 6.45) is 1.71. The molecule has 2 amide bonds. The van der Waals surface area contributed by atoms with Crippen molar-refractivity contribution in [3.63, 3.8) is 0 Å². The molecule has 0 aliphatic rings. The predicted octanol–water partition coefficient (Wildman–Crippen LogP) is 5.28. The lowest BCUT2D eigenvalue weighted by atomic mass is 10.2. The number of thiazole rings is 1. The number of halogens is 2. The number of nitrogens with zero attached hydrogens (tertiary/aromatic N) is 2. The molecule has 2 N–H and O–H groups in total. The summed E-state index contributed by atoms with van der Waals surface area (Å²) in [7, 11) is 0. The first-order valence-corrected chi connectivity index (χ1v) is 8.75. The van der Waals surface area contributed by atoms with E-state index in [0.717, 1.165) is 33.1 Å². The first kappa shape index (κ1) is 17.0. The molecule has 0 bridgehead atoms. The van der Waals surface area contributed by atoms with Gasteiger partial charge in [0.1, 0.15) is 15.4 Å². The van der Waals surface area contributed by atoms with Gasteiger partial charge in [0, 0.05) is 29.2 Å². The number of hydrogen-bond acceptors (Lipinski definition) is 4. The summed E-state index contributed by atoms with van der Waals surface area (Å²) < 4.78 is 26.2. The van der Waals surface area contributed by atoms with Gasteiger partial charge in [0.15, 0.2) is 11.6 Å². The third-order valence-corrected chi connectivity index (χ3v) is 4.74. The second kappa shape index (κ2) is 7.08. The molecule has 0 aliphatic heterocycles. The molecule has 0 fully saturated rings. The lowest BCUT2D eigenvalue weighted by Crippen LogP contribution is -2.19. The van der Waals surface area contributed by atoms with Gasteiger partial charge in [-0.25, -0.2) is 23.5 Å². The van der Waals surface area contributed by atoms with E-state index in [-0.39, 0.29) is 5.69 Å². The second-order valence-electron chi connectivity index (χ2n) is 5.64. The number of pyridine rings is 1. The highest BCUT2D eigenvalue weighted by atomic mass is 32.1. The topological polar surface area (TPSA) is 66.9 Å². The van der Waals surface area contributed by atoms with Gasteiger partial charge in [0.25, 0.3) is 0 Å². The Kier molecular flexibility index (Phi) is 4.47. The molecule has 0 saturated carbocycles. The Balaban J connectivity index is 1.51. The number of fused-ring (bicyclic) bond motifs is 1. The normalized spacial score (nSPS) is 10.7. The Morgan fingerprint density at radius 1 is 0.926 bits per heavy atom. The molecule has 2 aromatic heterocycles. The molecule has 134 valence electrons. The zero-order valence-electron chi connectivity index (χ0n) is 13.7. The Labute approximate surface area is 156 Å². The van der Waals surface area contributed by atoms with E-state index in [0.29, 0.717) is 5.69 Å². The number of benzene rings is 2. The molecule has 27 heavy (non-hydrogen) atoms. The van der Waals surface area contributed by atoms with Gasteiger partial charge in [-0.15, -0.1) is 0 Å². The maximum Gasteiger partial charge on any atom is 0.323 e. The number of aromatic nitrogens is 2. The summed E-state index contributed by atoms with van der Waals surface area (Å²) in [5, 5.41) is 5.91. The summed E-state index contributed by atoms with van der Waals surface area (Å²) in [6, 6.07) is 13.5. The molecule has 8 heteroatoms. The maximum atomic E-state index is 13.2. The summed E-state index contributed by atoms with van der Waals surface area (Å²) in [6.45, 7) is 0. The minimum Gasteiger partial charge on any atom is -0.308 e. The quantitative estimate of drug-likeness (QED) is 0.507. The zero-order valence-corrected chi connectivity index (χ0v) is 14.6. The van der Waals surface area contributed by atoms with Crippen LogP contribution >= 0.6 is 11.3 Å². The molecular formula is C19H12F2N4OS. The van der Waals surface area contributed by atoms with Gasteiger partial charge in [-0.1, -0.05) is 23.5 Å². The van der Waals surface area contributed by atoms with Crippen LogP contribution in [-0.2, 0) is 0 Å². The van der Waals surface area contributed by atoms with Crippen molar-refractivity contribution >= 4 is 39.1 Å². The lowest BCUT2D eigenvalue weighted by Gasteiger charge is -2.08. The van der Waals surface area contributed by atoms with Crippen molar-refractivity contribution in [3.8, 4) is 10.6 Å². The average Bonchev–Trinajstić information content (AvgIpc) is 3.09. The summed E-state index contributed by atoms with van der Waals surface area (Å²) in [5.41, 5.74) is 2.34. The number of anilines is 2. The van der Waals surface area contributed by atoms with E-state index in [4.69, 9.17) is 0 Å². The van der Waals surface area contributed by atoms with E-state index < -0.39 is 17.7 Å². The smallest absolute Gasteiger partial charge is 0.308 e. The Bertz CT molecular complexity index is 1110. The van der Waals surface area contributed by atoms with Crippen LogP contribution in [-0.4, -0.2) is 16.0 Å². The third kappa shape index (κ3) is 3.75. The molecule has 0 radical (unpaired) electrons. The van der Waals surface area contributed by atoms with Crippen LogP contribution in [0.5, 0.6) is 0 Å². The Morgan fingerprint density at radius 2 is 1.74 bits per heavy atom. The highest BCUT2D eigenvalue weighted by Gasteiger charge is 2.10. The summed E-state index contributed by atoms with van der Waals surface area (Å²) >= 11 is 1.46. The highest BCUT2D eigenvalue weighted by molar-refractivity contribution is 7.21. The fraction of sp³-hybridized carbons (Fsp3) is 0. The van der Waals surface area contributed by atoms with E-state index in [1.54, 1.807) is 24.4 Å². The molecule has 2 heterocycles. The zero-order chi connectivity index (χ0) is 18.8. The molecule has 0 atom stereocenters. The van der Waals surface area contributed by atoms with Crippen LogP contribution in [0.2, 0.25) is 0 Å². The largest absolute Gasteiger partial charge is 0.323 e. The standard InChI is InChI=1S/C19H12F2N4OS/c20-14-7-6-13(10-15(14)21)24-19(26)23-12-4-1-3-11(9-12)17-25-16-5-2-8-22-18(16)27-17/h1-10H,(H2,23,24,26). The Morgan fingerprint density at radius 3 is 2.52 bits per heavy atom. The predicted molar refractivity (Wildman–Crippen MR) is 102 cm³/mol. The van der Waals surface area contributed by atoms with Crippen LogP contribution in [0.4, 0.5) is 25.0 Å². The highest BCUT2D eigenvalue weighted by Crippen LogP contribution is 2.30. The van der Waals surface area contributed by atoms with Crippen molar-refractivity contribution in [2.45, 2.75) is 0 Å². The molecule has 0 spiro atoms. The van der Waals surface area contributed by atoms with Crippen molar-refractivity contribution in [2.75, 3.05) is 10.6 Å². The van der Waals surface area contributed by atoms with Crippen LogP contribution in [0, 0.1) is 11.6 Å². The van der Waals surface area contributed by atoms with Crippen LogP contribution in [0.15, 0.2) is 60.8 Å². The van der Waals surface area contributed by atoms with Gasteiger partial charge in [-0.05, 0) is 36.4 Å². The van der Waals surface area contributed by atoms with E-state index in [9.17, 15) is 13.6 Å². The molecule has 0 saturated heterocycles. The fourth-order valence-corrected chi connectivity index (χ4v) is 3.39. The van der Waals surface area contributed by atoms with Crippen molar-refractivity contribution in [2.24, 2.45) is 0 Å². The van der Waals surface area contributed by atoms with Crippen molar-refractivity contribution in [1.29, 1.82) is 0 Å². The Hall–Kier alpha value is -3.39. The molecule has 4 aromatic rings. The van der Waals surface area contributed by atoms with Gasteiger partial charge in [-0.3, -0.25) is 0 Å². The molecule has 0 aliphatic carbocycles. The monoisotopic (exact) mass is 382 g/mol. The molecule has 0 unspecified atom stereocenters. The molecule has 5 nitrogen and oxygen atoms in total. The van der Waals surface area contributed by atoms with E-state index in [2.05, 4.69) is 20.6 Å². The summed E-state index contributed by atoms with van der Waals surface area (Å²) in [5.74, 6) is -2.00. The first-order valence-electron chi connectivity index (χ1n) is 7.93. The van der Waals surface area contributed by atoms with Gasteiger partial charge in [0.2, 0.25) is 0 Å². The van der Waals surface area contributed by atoms with Crippen molar-refractivity contribution < 1.29 is 13.6 Å². The number of urea groups is 1. The molecular weight excluding hydrogens is 370 g/mol. The SMILES string of the molecule is O=C(Nc1cccc(-c2nc3cccnc3s2)c1)Nc1ccc(F)c(F)c1. The lowest BCUT2D eigenvalue weighted by molar-refractivity contribution is 0.262. The maximum absolute atomic E-state index is 13.2. The van der Waals surface area contributed by atoms with Crippen LogP contribution in [0.3, 0.4) is 0 Å². The average molecular weight is 382 g/mol. The van der Waals surface area contributed by atoms with Crippen LogP contribution < -0.4 is 10.6 Å².